The van der Waals surface area contributed by atoms with Crippen LogP contribution in [0.15, 0.2) is 78.9 Å². The van der Waals surface area contributed by atoms with Crippen LogP contribution in [0.2, 0.25) is 0 Å². The first-order valence-corrected chi connectivity index (χ1v) is 7.34. The molecule has 0 aliphatic carbocycles. The molecule has 0 amide bonds. The minimum absolute atomic E-state index is 0.223. The van der Waals surface area contributed by atoms with Crippen LogP contribution in [0.4, 0.5) is 4.39 Å². The van der Waals surface area contributed by atoms with E-state index in [1.165, 1.54) is 23.3 Å². The van der Waals surface area contributed by atoms with Crippen molar-refractivity contribution >= 4 is 0 Å². The summed E-state index contributed by atoms with van der Waals surface area (Å²) in [7, 11) is 0. The Hall–Kier alpha value is -2.45. The zero-order valence-corrected chi connectivity index (χ0v) is 12.0. The highest BCUT2D eigenvalue weighted by Crippen LogP contribution is 2.45. The maximum Gasteiger partial charge on any atom is 0.142 e. The minimum atomic E-state index is -0.400. The molecular weight excluding hydrogens is 275 g/mol. The Morgan fingerprint density at radius 2 is 1.18 bits per heavy atom. The first-order valence-electron chi connectivity index (χ1n) is 7.34. The highest BCUT2D eigenvalue weighted by molar-refractivity contribution is 5.64. The highest BCUT2D eigenvalue weighted by Gasteiger charge is 2.48. The molecule has 1 saturated heterocycles. The maximum atomic E-state index is 13.1. The molecule has 3 aromatic rings. The summed E-state index contributed by atoms with van der Waals surface area (Å²) in [6.07, 6.45) is 0. The molecule has 3 aromatic carbocycles. The third-order valence-corrected chi connectivity index (χ3v) is 4.20. The Kier molecular flexibility index (Phi) is 3.05. The lowest BCUT2D eigenvalue weighted by Gasteiger charge is -2.13. The quantitative estimate of drug-likeness (QED) is 0.633. The standard InChI is InChI=1S/C20H15FO/c21-19-12-10-18(11-13-19)20(14-22-20)17-8-6-16(7-9-17)15-4-2-1-3-5-15/h1-13H,14H2/t20-/m1/s1. The summed E-state index contributed by atoms with van der Waals surface area (Å²) < 4.78 is 18.8. The summed E-state index contributed by atoms with van der Waals surface area (Å²) in [4.78, 5) is 0. The molecular formula is C20H15FO. The molecule has 0 radical (unpaired) electrons. The SMILES string of the molecule is Fc1ccc([C@]2(c3ccc(-c4ccccc4)cc3)CO2)cc1. The van der Waals surface area contributed by atoms with E-state index in [1.54, 1.807) is 12.1 Å². The fourth-order valence-corrected chi connectivity index (χ4v) is 2.85. The van der Waals surface area contributed by atoms with E-state index in [9.17, 15) is 4.39 Å². The summed E-state index contributed by atoms with van der Waals surface area (Å²) in [5, 5.41) is 0. The van der Waals surface area contributed by atoms with Crippen molar-refractivity contribution in [1.29, 1.82) is 0 Å². The number of rotatable bonds is 3. The Morgan fingerprint density at radius 3 is 1.73 bits per heavy atom. The lowest BCUT2D eigenvalue weighted by atomic mass is 9.90. The van der Waals surface area contributed by atoms with Gasteiger partial charge in [0.25, 0.3) is 0 Å². The monoisotopic (exact) mass is 290 g/mol. The molecule has 1 aliphatic heterocycles. The topological polar surface area (TPSA) is 12.5 Å². The largest absolute Gasteiger partial charge is 0.359 e. The summed E-state index contributed by atoms with van der Waals surface area (Å²) in [5.74, 6) is -0.223. The fraction of sp³-hybridized carbons (Fsp3) is 0.100. The number of ether oxygens (including phenoxy) is 1. The first kappa shape index (κ1) is 13.2. The summed E-state index contributed by atoms with van der Waals surface area (Å²) >= 11 is 0. The van der Waals surface area contributed by atoms with Gasteiger partial charge in [-0.15, -0.1) is 0 Å². The predicted molar refractivity (Wildman–Crippen MR) is 85.0 cm³/mol. The van der Waals surface area contributed by atoms with Crippen molar-refractivity contribution in [2.45, 2.75) is 5.60 Å². The summed E-state index contributed by atoms with van der Waals surface area (Å²) in [6, 6.07) is 25.2. The smallest absolute Gasteiger partial charge is 0.142 e. The van der Waals surface area contributed by atoms with Crippen LogP contribution < -0.4 is 0 Å². The van der Waals surface area contributed by atoms with E-state index < -0.39 is 5.60 Å². The van der Waals surface area contributed by atoms with Crippen LogP contribution in [0.1, 0.15) is 11.1 Å². The van der Waals surface area contributed by atoms with Gasteiger partial charge in [0.1, 0.15) is 11.4 Å². The van der Waals surface area contributed by atoms with Crippen molar-refractivity contribution in [3.63, 3.8) is 0 Å². The maximum absolute atomic E-state index is 13.1. The Bertz CT molecular complexity index is 772. The first-order chi connectivity index (χ1) is 10.8. The third kappa shape index (κ3) is 2.22. The molecule has 1 atom stereocenters. The molecule has 4 rings (SSSR count). The second-order valence-corrected chi connectivity index (χ2v) is 5.57. The van der Waals surface area contributed by atoms with Crippen LogP contribution in [0.25, 0.3) is 11.1 Å². The van der Waals surface area contributed by atoms with Crippen molar-refractivity contribution < 1.29 is 9.13 Å². The number of hydrogen-bond acceptors (Lipinski definition) is 1. The summed E-state index contributed by atoms with van der Waals surface area (Å²) in [6.45, 7) is 0.642. The van der Waals surface area contributed by atoms with E-state index in [-0.39, 0.29) is 5.82 Å². The van der Waals surface area contributed by atoms with Gasteiger partial charge in [0, 0.05) is 0 Å². The fourth-order valence-electron chi connectivity index (χ4n) is 2.85. The van der Waals surface area contributed by atoms with E-state index >= 15 is 0 Å². The molecule has 1 aliphatic rings. The molecule has 0 aromatic heterocycles. The van der Waals surface area contributed by atoms with Crippen LogP contribution >= 0.6 is 0 Å². The zero-order valence-electron chi connectivity index (χ0n) is 12.0. The second-order valence-electron chi connectivity index (χ2n) is 5.57. The van der Waals surface area contributed by atoms with Crippen molar-refractivity contribution in [3.8, 4) is 11.1 Å². The number of halogens is 1. The molecule has 22 heavy (non-hydrogen) atoms. The van der Waals surface area contributed by atoms with Gasteiger partial charge in [0.05, 0.1) is 6.61 Å². The molecule has 108 valence electrons. The van der Waals surface area contributed by atoms with E-state index in [1.807, 2.05) is 18.2 Å². The van der Waals surface area contributed by atoms with Gasteiger partial charge >= 0.3 is 0 Å². The normalized spacial score (nSPS) is 19.9. The van der Waals surface area contributed by atoms with Gasteiger partial charge in [0.15, 0.2) is 0 Å². The van der Waals surface area contributed by atoms with E-state index in [4.69, 9.17) is 4.74 Å². The second kappa shape index (κ2) is 5.08. The molecule has 0 bridgehead atoms. The van der Waals surface area contributed by atoms with E-state index in [0.29, 0.717) is 6.61 Å². The van der Waals surface area contributed by atoms with Crippen molar-refractivity contribution in [2.75, 3.05) is 6.61 Å². The van der Waals surface area contributed by atoms with Gasteiger partial charge in [-0.25, -0.2) is 4.39 Å². The van der Waals surface area contributed by atoms with Crippen LogP contribution in [0.3, 0.4) is 0 Å². The average molecular weight is 290 g/mol. The Balaban J connectivity index is 1.67. The van der Waals surface area contributed by atoms with E-state index in [2.05, 4.69) is 36.4 Å². The van der Waals surface area contributed by atoms with E-state index in [0.717, 1.165) is 11.1 Å². The number of epoxide rings is 1. The number of hydrogen-bond donors (Lipinski definition) is 0. The van der Waals surface area contributed by atoms with Crippen LogP contribution in [0.5, 0.6) is 0 Å². The zero-order chi connectivity index (χ0) is 15.0. The number of benzene rings is 3. The van der Waals surface area contributed by atoms with Gasteiger partial charge in [-0.1, -0.05) is 66.7 Å². The lowest BCUT2D eigenvalue weighted by Crippen LogP contribution is -2.10. The Labute approximate surface area is 129 Å². The molecule has 1 fully saturated rings. The predicted octanol–water partition coefficient (Wildman–Crippen LogP) is 4.77. The molecule has 1 heterocycles. The molecule has 0 N–H and O–H groups in total. The Morgan fingerprint density at radius 1 is 0.682 bits per heavy atom. The van der Waals surface area contributed by atoms with Gasteiger partial charge < -0.3 is 4.74 Å². The van der Waals surface area contributed by atoms with Crippen LogP contribution in [0, 0.1) is 5.82 Å². The van der Waals surface area contributed by atoms with Gasteiger partial charge in [0.2, 0.25) is 0 Å². The molecule has 0 spiro atoms. The average Bonchev–Trinajstić information content (AvgIpc) is 3.38. The minimum Gasteiger partial charge on any atom is -0.359 e. The van der Waals surface area contributed by atoms with Crippen molar-refractivity contribution in [3.05, 3.63) is 95.8 Å². The van der Waals surface area contributed by atoms with Gasteiger partial charge in [-0.3, -0.25) is 0 Å². The molecule has 2 heteroatoms. The molecule has 0 saturated carbocycles. The summed E-state index contributed by atoms with van der Waals surface area (Å²) in [5.41, 5.74) is 4.09. The van der Waals surface area contributed by atoms with Gasteiger partial charge in [-0.2, -0.15) is 0 Å². The third-order valence-electron chi connectivity index (χ3n) is 4.20. The van der Waals surface area contributed by atoms with Crippen LogP contribution in [-0.2, 0) is 10.3 Å². The van der Waals surface area contributed by atoms with Crippen molar-refractivity contribution in [1.82, 2.24) is 0 Å². The lowest BCUT2D eigenvalue weighted by molar-refractivity contribution is 0.349. The van der Waals surface area contributed by atoms with Crippen molar-refractivity contribution in [2.24, 2.45) is 0 Å². The molecule has 0 unspecified atom stereocenters. The van der Waals surface area contributed by atoms with Crippen LogP contribution in [-0.4, -0.2) is 6.61 Å². The highest BCUT2D eigenvalue weighted by atomic mass is 19.1. The van der Waals surface area contributed by atoms with Gasteiger partial charge in [-0.05, 0) is 34.4 Å². The molecule has 1 nitrogen and oxygen atoms in total.